The van der Waals surface area contributed by atoms with Crippen molar-refractivity contribution in [1.82, 2.24) is 0 Å². The van der Waals surface area contributed by atoms with E-state index in [0.29, 0.717) is 24.3 Å². The minimum absolute atomic E-state index is 0.133. The van der Waals surface area contributed by atoms with Crippen LogP contribution in [0, 0.1) is 11.3 Å². The van der Waals surface area contributed by atoms with E-state index in [1.807, 2.05) is 0 Å². The first-order valence-corrected chi connectivity index (χ1v) is 7.03. The van der Waals surface area contributed by atoms with Gasteiger partial charge in [0.15, 0.2) is 0 Å². The molecule has 0 radical (unpaired) electrons. The Morgan fingerprint density at radius 1 is 1.43 bits per heavy atom. The third kappa shape index (κ3) is 6.16. The molecule has 23 heavy (non-hydrogen) atoms. The summed E-state index contributed by atoms with van der Waals surface area (Å²) >= 11 is 0. The number of primary amides is 1. The van der Waals surface area contributed by atoms with Crippen LogP contribution >= 0.6 is 0 Å². The molecule has 6 heteroatoms. The topological polar surface area (TPSA) is 105 Å². The SMILES string of the molecule is C=CCCOC(C)C(=O)Nc1ccc(/C=C(/C#N)C(N)=O)cc1. The summed E-state index contributed by atoms with van der Waals surface area (Å²) in [5.74, 6) is -1.04. The number of hydrogen-bond donors (Lipinski definition) is 2. The van der Waals surface area contributed by atoms with E-state index in [9.17, 15) is 9.59 Å². The van der Waals surface area contributed by atoms with Gasteiger partial charge in [-0.15, -0.1) is 6.58 Å². The Morgan fingerprint density at radius 3 is 2.61 bits per heavy atom. The van der Waals surface area contributed by atoms with E-state index in [4.69, 9.17) is 15.7 Å². The molecule has 3 N–H and O–H groups in total. The lowest BCUT2D eigenvalue weighted by atomic mass is 10.1. The molecule has 0 saturated heterocycles. The molecule has 1 atom stereocenters. The van der Waals surface area contributed by atoms with Gasteiger partial charge in [0.05, 0.1) is 6.61 Å². The molecule has 0 spiro atoms. The summed E-state index contributed by atoms with van der Waals surface area (Å²) in [6.45, 7) is 5.69. The molecule has 6 nitrogen and oxygen atoms in total. The van der Waals surface area contributed by atoms with Crippen LogP contribution in [0.25, 0.3) is 6.08 Å². The Hall–Kier alpha value is -2.91. The van der Waals surface area contributed by atoms with E-state index >= 15 is 0 Å². The van der Waals surface area contributed by atoms with Gasteiger partial charge >= 0.3 is 0 Å². The number of rotatable bonds is 8. The fraction of sp³-hybridized carbons (Fsp3) is 0.235. The van der Waals surface area contributed by atoms with E-state index in [2.05, 4.69) is 11.9 Å². The number of nitrogens with one attached hydrogen (secondary N) is 1. The highest BCUT2D eigenvalue weighted by molar-refractivity contribution is 6.00. The van der Waals surface area contributed by atoms with Gasteiger partial charge in [-0.2, -0.15) is 5.26 Å². The van der Waals surface area contributed by atoms with Gasteiger partial charge in [0, 0.05) is 5.69 Å². The zero-order chi connectivity index (χ0) is 17.2. The summed E-state index contributed by atoms with van der Waals surface area (Å²) in [5.41, 5.74) is 6.15. The predicted octanol–water partition coefficient (Wildman–Crippen LogP) is 2.00. The maximum absolute atomic E-state index is 11.9. The van der Waals surface area contributed by atoms with Crippen LogP contribution in [-0.4, -0.2) is 24.5 Å². The number of carbonyl (C=O) groups excluding carboxylic acids is 2. The lowest BCUT2D eigenvalue weighted by Crippen LogP contribution is -2.27. The molecule has 0 aliphatic rings. The summed E-state index contributed by atoms with van der Waals surface area (Å²) in [4.78, 5) is 22.9. The number of amides is 2. The Kier molecular flexibility index (Phi) is 7.24. The van der Waals surface area contributed by atoms with Gasteiger partial charge in [0.1, 0.15) is 17.7 Å². The first-order valence-electron chi connectivity index (χ1n) is 7.03. The lowest BCUT2D eigenvalue weighted by molar-refractivity contribution is -0.126. The van der Waals surface area contributed by atoms with Gasteiger partial charge < -0.3 is 15.8 Å². The standard InChI is InChI=1S/C17H19N3O3/c1-3-4-9-23-12(2)17(22)20-15-7-5-13(6-8-15)10-14(11-18)16(19)21/h3,5-8,10,12H,1,4,9H2,2H3,(H2,19,21)(H,20,22)/b14-10-. The van der Waals surface area contributed by atoms with Gasteiger partial charge in [0.2, 0.25) is 0 Å². The van der Waals surface area contributed by atoms with Gasteiger partial charge in [-0.3, -0.25) is 9.59 Å². The van der Waals surface area contributed by atoms with Crippen molar-refractivity contribution in [2.24, 2.45) is 5.73 Å². The zero-order valence-electron chi connectivity index (χ0n) is 12.9. The van der Waals surface area contributed by atoms with Crippen molar-refractivity contribution in [2.75, 3.05) is 11.9 Å². The molecule has 0 fully saturated rings. The van der Waals surface area contributed by atoms with Crippen molar-refractivity contribution in [1.29, 1.82) is 5.26 Å². The Labute approximate surface area is 135 Å². The molecule has 0 bridgehead atoms. The summed E-state index contributed by atoms with van der Waals surface area (Å²) in [7, 11) is 0. The largest absolute Gasteiger partial charge is 0.368 e. The number of anilines is 1. The van der Waals surface area contributed by atoms with E-state index in [0.717, 1.165) is 0 Å². The van der Waals surface area contributed by atoms with Crippen molar-refractivity contribution < 1.29 is 14.3 Å². The highest BCUT2D eigenvalue weighted by atomic mass is 16.5. The van der Waals surface area contributed by atoms with Crippen LogP contribution in [-0.2, 0) is 14.3 Å². The van der Waals surface area contributed by atoms with Gasteiger partial charge in [-0.25, -0.2) is 0 Å². The van der Waals surface area contributed by atoms with Crippen molar-refractivity contribution >= 4 is 23.6 Å². The second kappa shape index (κ2) is 9.18. The molecule has 0 aromatic heterocycles. The lowest BCUT2D eigenvalue weighted by Gasteiger charge is -2.13. The average Bonchev–Trinajstić information content (AvgIpc) is 2.53. The van der Waals surface area contributed by atoms with E-state index in [1.165, 1.54) is 6.08 Å². The number of benzene rings is 1. The monoisotopic (exact) mass is 313 g/mol. The van der Waals surface area contributed by atoms with Crippen LogP contribution in [0.4, 0.5) is 5.69 Å². The summed E-state index contributed by atoms with van der Waals surface area (Å²) in [6.07, 6.45) is 3.21. The maximum Gasteiger partial charge on any atom is 0.259 e. The first-order chi connectivity index (χ1) is 11.0. The average molecular weight is 313 g/mol. The molecule has 1 rings (SSSR count). The molecule has 1 aromatic rings. The van der Waals surface area contributed by atoms with Crippen LogP contribution in [0.15, 0.2) is 42.5 Å². The van der Waals surface area contributed by atoms with Crippen molar-refractivity contribution in [3.05, 3.63) is 48.1 Å². The van der Waals surface area contributed by atoms with Crippen LogP contribution in [0.3, 0.4) is 0 Å². The predicted molar refractivity (Wildman–Crippen MR) is 88.1 cm³/mol. The summed E-state index contributed by atoms with van der Waals surface area (Å²) in [6, 6.07) is 8.39. The Morgan fingerprint density at radius 2 is 2.09 bits per heavy atom. The molecular weight excluding hydrogens is 294 g/mol. The Bertz CT molecular complexity index is 642. The number of carbonyl (C=O) groups is 2. The molecule has 0 saturated carbocycles. The van der Waals surface area contributed by atoms with E-state index in [1.54, 1.807) is 43.3 Å². The molecule has 0 aliphatic heterocycles. The quantitative estimate of drug-likeness (QED) is 0.331. The molecule has 1 unspecified atom stereocenters. The second-order valence-electron chi connectivity index (χ2n) is 4.74. The third-order valence-electron chi connectivity index (χ3n) is 2.93. The summed E-state index contributed by atoms with van der Waals surface area (Å²) < 4.78 is 5.35. The minimum atomic E-state index is -0.782. The molecule has 2 amide bonds. The van der Waals surface area contributed by atoms with Crippen LogP contribution in [0.2, 0.25) is 0 Å². The van der Waals surface area contributed by atoms with Gasteiger partial charge in [-0.05, 0) is 37.1 Å². The number of ether oxygens (including phenoxy) is 1. The van der Waals surface area contributed by atoms with Crippen LogP contribution in [0.5, 0.6) is 0 Å². The second-order valence-corrected chi connectivity index (χ2v) is 4.74. The highest BCUT2D eigenvalue weighted by Crippen LogP contribution is 2.13. The van der Waals surface area contributed by atoms with Gasteiger partial charge in [0.25, 0.3) is 11.8 Å². The van der Waals surface area contributed by atoms with Crippen molar-refractivity contribution in [3.63, 3.8) is 0 Å². The molecule has 120 valence electrons. The van der Waals surface area contributed by atoms with E-state index in [-0.39, 0.29) is 11.5 Å². The maximum atomic E-state index is 11.9. The first kappa shape index (κ1) is 18.1. The fourth-order valence-electron chi connectivity index (χ4n) is 1.64. The fourth-order valence-corrected chi connectivity index (χ4v) is 1.64. The van der Waals surface area contributed by atoms with E-state index < -0.39 is 12.0 Å². The molecular formula is C17H19N3O3. The number of nitriles is 1. The third-order valence-corrected chi connectivity index (χ3v) is 2.93. The van der Waals surface area contributed by atoms with Crippen LogP contribution in [0.1, 0.15) is 18.9 Å². The summed E-state index contributed by atoms with van der Waals surface area (Å²) in [5, 5.41) is 11.5. The highest BCUT2D eigenvalue weighted by Gasteiger charge is 2.13. The number of nitrogens with zero attached hydrogens (tertiary/aromatic N) is 1. The van der Waals surface area contributed by atoms with Crippen LogP contribution < -0.4 is 11.1 Å². The number of nitrogens with two attached hydrogens (primary N) is 1. The van der Waals surface area contributed by atoms with Crippen molar-refractivity contribution in [2.45, 2.75) is 19.4 Å². The minimum Gasteiger partial charge on any atom is -0.368 e. The zero-order valence-corrected chi connectivity index (χ0v) is 12.9. The molecule has 1 aromatic carbocycles. The number of hydrogen-bond acceptors (Lipinski definition) is 4. The molecule has 0 heterocycles. The van der Waals surface area contributed by atoms with Gasteiger partial charge in [-0.1, -0.05) is 18.2 Å². The normalized spacial score (nSPS) is 12.1. The molecule has 0 aliphatic carbocycles. The Balaban J connectivity index is 2.67. The smallest absolute Gasteiger partial charge is 0.259 e. The van der Waals surface area contributed by atoms with Crippen molar-refractivity contribution in [3.8, 4) is 6.07 Å².